The van der Waals surface area contributed by atoms with Crippen molar-refractivity contribution in [2.24, 2.45) is 0 Å². The van der Waals surface area contributed by atoms with Gasteiger partial charge < -0.3 is 19.4 Å². The number of para-hydroxylation sites is 2. The number of imidazole rings is 1. The summed E-state index contributed by atoms with van der Waals surface area (Å²) in [6.07, 6.45) is 6.27. The van der Waals surface area contributed by atoms with Crippen molar-refractivity contribution < 1.29 is 14.3 Å². The van der Waals surface area contributed by atoms with Gasteiger partial charge in [-0.15, -0.1) is 0 Å². The zero-order chi connectivity index (χ0) is 20.9. The maximum atomic E-state index is 12.9. The summed E-state index contributed by atoms with van der Waals surface area (Å²) in [6, 6.07) is 13.6. The summed E-state index contributed by atoms with van der Waals surface area (Å²) in [7, 11) is 1.62. The second-order valence-corrected chi connectivity index (χ2v) is 7.42. The number of ether oxygens (including phenoxy) is 2. The summed E-state index contributed by atoms with van der Waals surface area (Å²) in [5.41, 5.74) is 2.82. The molecule has 1 unspecified atom stereocenters. The second kappa shape index (κ2) is 9.03. The number of nitrogens with zero attached hydrogens (tertiary/aromatic N) is 2. The molecule has 0 radical (unpaired) electrons. The summed E-state index contributed by atoms with van der Waals surface area (Å²) < 4.78 is 11.1. The van der Waals surface area contributed by atoms with Crippen LogP contribution in [0.5, 0.6) is 11.5 Å². The molecule has 1 saturated heterocycles. The molecule has 1 amide bonds. The topological polar surface area (TPSA) is 67.5 Å². The normalized spacial score (nSPS) is 16.5. The van der Waals surface area contributed by atoms with Crippen molar-refractivity contribution in [3.05, 3.63) is 59.9 Å². The van der Waals surface area contributed by atoms with E-state index in [0.717, 1.165) is 48.2 Å². The second-order valence-electron chi connectivity index (χ2n) is 7.42. The Bertz CT molecular complexity index is 1020. The molecule has 3 aromatic rings. The first-order valence-electron chi connectivity index (χ1n) is 10.4. The summed E-state index contributed by atoms with van der Waals surface area (Å²) in [5, 5.41) is 0. The van der Waals surface area contributed by atoms with Crippen molar-refractivity contribution in [1.29, 1.82) is 0 Å². The SMILES string of the molecule is CCCOc1ccc(/C=C/C(=O)N2CCCC2c2nc3ccccc3[nH]2)cc1OC. The van der Waals surface area contributed by atoms with E-state index in [1.54, 1.807) is 13.2 Å². The minimum atomic E-state index is -0.0195. The Morgan fingerprint density at radius 1 is 1.27 bits per heavy atom. The molecule has 1 aliphatic heterocycles. The Hall–Kier alpha value is -3.28. The van der Waals surface area contributed by atoms with Gasteiger partial charge in [-0.3, -0.25) is 4.79 Å². The Morgan fingerprint density at radius 3 is 2.93 bits per heavy atom. The number of nitrogens with one attached hydrogen (secondary N) is 1. The van der Waals surface area contributed by atoms with E-state index in [2.05, 4.69) is 11.9 Å². The molecule has 30 heavy (non-hydrogen) atoms. The molecule has 2 heterocycles. The van der Waals surface area contributed by atoms with Gasteiger partial charge in [0.15, 0.2) is 11.5 Å². The van der Waals surface area contributed by atoms with E-state index in [4.69, 9.17) is 14.5 Å². The lowest BCUT2D eigenvalue weighted by Crippen LogP contribution is -2.29. The molecule has 1 aliphatic rings. The number of hydrogen-bond donors (Lipinski definition) is 1. The summed E-state index contributed by atoms with van der Waals surface area (Å²) in [6.45, 7) is 3.44. The van der Waals surface area contributed by atoms with Gasteiger partial charge in [-0.1, -0.05) is 25.1 Å². The minimum Gasteiger partial charge on any atom is -0.493 e. The van der Waals surface area contributed by atoms with Crippen LogP contribution in [-0.2, 0) is 4.79 Å². The highest BCUT2D eigenvalue weighted by Gasteiger charge is 2.31. The lowest BCUT2D eigenvalue weighted by atomic mass is 10.1. The number of benzene rings is 2. The minimum absolute atomic E-state index is 0.0109. The third kappa shape index (κ3) is 4.17. The quantitative estimate of drug-likeness (QED) is 0.577. The highest BCUT2D eigenvalue weighted by Crippen LogP contribution is 2.32. The van der Waals surface area contributed by atoms with E-state index in [1.807, 2.05) is 53.4 Å². The van der Waals surface area contributed by atoms with Gasteiger partial charge in [0, 0.05) is 12.6 Å². The molecule has 1 fully saturated rings. The van der Waals surface area contributed by atoms with Crippen LogP contribution >= 0.6 is 0 Å². The predicted octanol–water partition coefficient (Wildman–Crippen LogP) is 4.74. The van der Waals surface area contributed by atoms with Crippen molar-refractivity contribution in [3.8, 4) is 11.5 Å². The molecule has 1 atom stereocenters. The van der Waals surface area contributed by atoms with Crippen molar-refractivity contribution in [2.45, 2.75) is 32.2 Å². The molecule has 2 aromatic carbocycles. The number of carbonyl (C=O) groups is 1. The Morgan fingerprint density at radius 2 is 2.13 bits per heavy atom. The number of aromatic nitrogens is 2. The van der Waals surface area contributed by atoms with Crippen LogP contribution in [0.1, 0.15) is 43.6 Å². The Labute approximate surface area is 176 Å². The zero-order valence-electron chi connectivity index (χ0n) is 17.4. The average molecular weight is 405 g/mol. The fraction of sp³-hybridized carbons (Fsp3) is 0.333. The standard InChI is InChI=1S/C24H27N3O3/c1-3-15-30-21-12-10-17(16-22(21)29-2)11-13-23(28)27-14-6-9-20(27)24-25-18-7-4-5-8-19(18)26-24/h4-5,7-8,10-13,16,20H,3,6,9,14-15H2,1-2H3,(H,25,26)/b13-11+. The molecule has 4 rings (SSSR count). The lowest BCUT2D eigenvalue weighted by molar-refractivity contribution is -0.126. The van der Waals surface area contributed by atoms with E-state index in [-0.39, 0.29) is 11.9 Å². The zero-order valence-corrected chi connectivity index (χ0v) is 17.4. The fourth-order valence-corrected chi connectivity index (χ4v) is 3.83. The molecular formula is C24H27N3O3. The third-order valence-corrected chi connectivity index (χ3v) is 5.33. The molecular weight excluding hydrogens is 378 g/mol. The van der Waals surface area contributed by atoms with Crippen molar-refractivity contribution in [3.63, 3.8) is 0 Å². The van der Waals surface area contributed by atoms with Crippen LogP contribution in [0.25, 0.3) is 17.1 Å². The molecule has 6 heteroatoms. The van der Waals surface area contributed by atoms with Crippen LogP contribution in [0.4, 0.5) is 0 Å². The monoisotopic (exact) mass is 405 g/mol. The molecule has 0 aliphatic carbocycles. The number of carbonyl (C=O) groups excluding carboxylic acids is 1. The van der Waals surface area contributed by atoms with Gasteiger partial charge >= 0.3 is 0 Å². The maximum Gasteiger partial charge on any atom is 0.247 e. The van der Waals surface area contributed by atoms with E-state index < -0.39 is 0 Å². The van der Waals surface area contributed by atoms with Crippen LogP contribution < -0.4 is 9.47 Å². The van der Waals surface area contributed by atoms with Gasteiger partial charge in [0.05, 0.1) is 30.8 Å². The molecule has 0 saturated carbocycles. The highest BCUT2D eigenvalue weighted by atomic mass is 16.5. The number of methoxy groups -OCH3 is 1. The summed E-state index contributed by atoms with van der Waals surface area (Å²) in [5.74, 6) is 2.23. The van der Waals surface area contributed by atoms with Gasteiger partial charge in [0.25, 0.3) is 0 Å². The van der Waals surface area contributed by atoms with Gasteiger partial charge in [0.1, 0.15) is 5.82 Å². The number of fused-ring (bicyclic) bond motifs is 1. The first-order chi connectivity index (χ1) is 14.7. The molecule has 1 aromatic heterocycles. The number of rotatable bonds is 7. The molecule has 156 valence electrons. The van der Waals surface area contributed by atoms with Gasteiger partial charge in [-0.25, -0.2) is 4.98 Å². The highest BCUT2D eigenvalue weighted by molar-refractivity contribution is 5.92. The largest absolute Gasteiger partial charge is 0.493 e. The third-order valence-electron chi connectivity index (χ3n) is 5.33. The lowest BCUT2D eigenvalue weighted by Gasteiger charge is -2.21. The van der Waals surface area contributed by atoms with Crippen LogP contribution in [-0.4, -0.2) is 41.0 Å². The fourth-order valence-electron chi connectivity index (χ4n) is 3.83. The average Bonchev–Trinajstić information content (AvgIpc) is 3.43. The predicted molar refractivity (Wildman–Crippen MR) is 118 cm³/mol. The van der Waals surface area contributed by atoms with Crippen LogP contribution in [0.2, 0.25) is 0 Å². The Kier molecular flexibility index (Phi) is 6.02. The maximum absolute atomic E-state index is 12.9. The van der Waals surface area contributed by atoms with Crippen molar-refractivity contribution in [2.75, 3.05) is 20.3 Å². The van der Waals surface area contributed by atoms with Gasteiger partial charge in [-0.05, 0) is 55.2 Å². The van der Waals surface area contributed by atoms with E-state index >= 15 is 0 Å². The number of likely N-dealkylation sites (tertiary alicyclic amines) is 1. The molecule has 1 N–H and O–H groups in total. The smallest absolute Gasteiger partial charge is 0.247 e. The van der Waals surface area contributed by atoms with E-state index in [1.165, 1.54) is 0 Å². The van der Waals surface area contributed by atoms with E-state index in [9.17, 15) is 4.79 Å². The number of amides is 1. The van der Waals surface area contributed by atoms with E-state index in [0.29, 0.717) is 18.1 Å². The van der Waals surface area contributed by atoms with Gasteiger partial charge in [0.2, 0.25) is 5.91 Å². The van der Waals surface area contributed by atoms with Crippen LogP contribution in [0.3, 0.4) is 0 Å². The Balaban J connectivity index is 1.49. The first kappa shape index (κ1) is 20.0. The van der Waals surface area contributed by atoms with Crippen molar-refractivity contribution in [1.82, 2.24) is 14.9 Å². The summed E-state index contributed by atoms with van der Waals surface area (Å²) in [4.78, 5) is 22.9. The molecule has 0 spiro atoms. The first-order valence-corrected chi connectivity index (χ1v) is 10.4. The number of aromatic amines is 1. The number of hydrogen-bond acceptors (Lipinski definition) is 4. The van der Waals surface area contributed by atoms with Gasteiger partial charge in [-0.2, -0.15) is 0 Å². The molecule has 6 nitrogen and oxygen atoms in total. The van der Waals surface area contributed by atoms with Crippen LogP contribution in [0, 0.1) is 0 Å². The van der Waals surface area contributed by atoms with Crippen LogP contribution in [0.15, 0.2) is 48.5 Å². The molecule has 0 bridgehead atoms. The number of H-pyrrole nitrogens is 1. The summed E-state index contributed by atoms with van der Waals surface area (Å²) >= 11 is 0. The van der Waals surface area contributed by atoms with Crippen molar-refractivity contribution >= 4 is 23.0 Å².